The first kappa shape index (κ1) is 24.6. The van der Waals surface area contributed by atoms with Crippen LogP contribution in [0.5, 0.6) is 0 Å². The summed E-state index contributed by atoms with van der Waals surface area (Å²) in [5.41, 5.74) is 1.11. The molecule has 6 nitrogen and oxygen atoms in total. The van der Waals surface area contributed by atoms with Crippen LogP contribution in [0, 0.1) is 17.2 Å². The van der Waals surface area contributed by atoms with Gasteiger partial charge in [-0.05, 0) is 55.0 Å². The van der Waals surface area contributed by atoms with Gasteiger partial charge in [0.15, 0.2) is 0 Å². The number of carbonyl (C=O) groups excluding carboxylic acids is 1. The molecule has 1 saturated carbocycles. The van der Waals surface area contributed by atoms with Crippen molar-refractivity contribution >= 4 is 16.8 Å². The predicted octanol–water partition coefficient (Wildman–Crippen LogP) is 5.08. The summed E-state index contributed by atoms with van der Waals surface area (Å²) in [7, 11) is 0. The summed E-state index contributed by atoms with van der Waals surface area (Å²) >= 11 is 0. The van der Waals surface area contributed by atoms with Crippen molar-refractivity contribution in [1.29, 1.82) is 5.26 Å². The molecular formula is C26H26F3N5O. The molecule has 9 heteroatoms. The molecule has 0 saturated heterocycles. The Morgan fingerprint density at radius 2 is 1.89 bits per heavy atom. The van der Waals surface area contributed by atoms with Gasteiger partial charge in [-0.3, -0.25) is 20.1 Å². The molecule has 1 aliphatic carbocycles. The van der Waals surface area contributed by atoms with Gasteiger partial charge in [-0.25, -0.2) is 0 Å². The van der Waals surface area contributed by atoms with Gasteiger partial charge in [0.25, 0.3) is 0 Å². The molecule has 3 aromatic rings. The van der Waals surface area contributed by atoms with Crippen LogP contribution in [-0.4, -0.2) is 33.6 Å². The highest BCUT2D eigenvalue weighted by atomic mass is 19.4. The van der Waals surface area contributed by atoms with Crippen molar-refractivity contribution in [1.82, 2.24) is 20.6 Å². The number of nitrogens with zero attached hydrogens (tertiary/aromatic N) is 3. The van der Waals surface area contributed by atoms with E-state index in [1.165, 1.54) is 12.3 Å². The van der Waals surface area contributed by atoms with Crippen molar-refractivity contribution in [2.75, 3.05) is 0 Å². The topological polar surface area (TPSA) is 90.7 Å². The SMILES string of the molecule is CC(C)C[C@H](N[C@@H](c1ccc(-c2ccc3ncccc3c2)cn1)C(F)(F)F)C(=O)NC1(C#N)CC1. The Morgan fingerprint density at radius 3 is 2.49 bits per heavy atom. The maximum atomic E-state index is 14.1. The minimum absolute atomic E-state index is 0.0397. The third-order valence-electron chi connectivity index (χ3n) is 6.06. The summed E-state index contributed by atoms with van der Waals surface area (Å²) in [5.74, 6) is -0.643. The van der Waals surface area contributed by atoms with Crippen LogP contribution in [0.15, 0.2) is 54.9 Å². The molecule has 1 aromatic carbocycles. The number of amides is 1. The smallest absolute Gasteiger partial charge is 0.336 e. The highest BCUT2D eigenvalue weighted by molar-refractivity contribution is 5.84. The maximum Gasteiger partial charge on any atom is 0.409 e. The van der Waals surface area contributed by atoms with Gasteiger partial charge in [-0.2, -0.15) is 18.4 Å². The molecular weight excluding hydrogens is 455 g/mol. The molecule has 0 spiro atoms. The normalized spacial score (nSPS) is 16.5. The third-order valence-corrected chi connectivity index (χ3v) is 6.06. The number of halogens is 3. The Bertz CT molecular complexity index is 1250. The van der Waals surface area contributed by atoms with Gasteiger partial charge in [0, 0.05) is 23.3 Å². The first-order chi connectivity index (χ1) is 16.6. The van der Waals surface area contributed by atoms with Gasteiger partial charge in [0.2, 0.25) is 5.91 Å². The summed E-state index contributed by atoms with van der Waals surface area (Å²) in [6, 6.07) is 11.0. The number of pyridine rings is 2. The average Bonchev–Trinajstić information content (AvgIpc) is 3.60. The predicted molar refractivity (Wildman–Crippen MR) is 126 cm³/mol. The number of nitrogens with one attached hydrogen (secondary N) is 2. The zero-order valence-corrected chi connectivity index (χ0v) is 19.4. The lowest BCUT2D eigenvalue weighted by Gasteiger charge is -2.28. The molecule has 0 unspecified atom stereocenters. The van der Waals surface area contributed by atoms with E-state index in [1.807, 2.05) is 50.2 Å². The Labute approximate surface area is 201 Å². The standard InChI is InChI=1S/C26H26F3N5O/c1-16(2)12-22(24(35)34-25(15-30)9-10-25)33-23(26(27,28)29)21-8-6-19(14-32-21)17-5-7-20-18(13-17)4-3-11-31-20/h3-8,11,13-14,16,22-23,33H,9-10,12H2,1-2H3,(H,34,35)/t22-,23-/m0/s1. The first-order valence-corrected chi connectivity index (χ1v) is 11.5. The Balaban J connectivity index is 1.58. The summed E-state index contributed by atoms with van der Waals surface area (Å²) < 4.78 is 42.3. The van der Waals surface area contributed by atoms with Gasteiger partial charge < -0.3 is 5.32 Å². The van der Waals surface area contributed by atoms with E-state index in [0.29, 0.717) is 18.4 Å². The van der Waals surface area contributed by atoms with Crippen LogP contribution in [0.25, 0.3) is 22.0 Å². The lowest BCUT2D eigenvalue weighted by atomic mass is 10.00. The summed E-state index contributed by atoms with van der Waals surface area (Å²) in [5, 5.41) is 15.3. The number of carbonyl (C=O) groups is 1. The molecule has 4 rings (SSSR count). The van der Waals surface area contributed by atoms with E-state index in [9.17, 15) is 23.2 Å². The van der Waals surface area contributed by atoms with Crippen molar-refractivity contribution in [3.8, 4) is 17.2 Å². The van der Waals surface area contributed by atoms with Crippen LogP contribution in [0.2, 0.25) is 0 Å². The second kappa shape index (κ2) is 9.62. The van der Waals surface area contributed by atoms with Gasteiger partial charge in [0.1, 0.15) is 11.6 Å². The number of fused-ring (bicyclic) bond motifs is 1. The summed E-state index contributed by atoms with van der Waals surface area (Å²) in [6.45, 7) is 3.65. The number of hydrogen-bond donors (Lipinski definition) is 2. The molecule has 1 fully saturated rings. The maximum absolute atomic E-state index is 14.1. The van der Waals surface area contributed by atoms with Crippen molar-refractivity contribution in [2.45, 2.75) is 56.9 Å². The molecule has 0 radical (unpaired) electrons. The second-order valence-corrected chi connectivity index (χ2v) is 9.39. The molecule has 0 bridgehead atoms. The average molecular weight is 482 g/mol. The third kappa shape index (κ3) is 5.77. The molecule has 2 heterocycles. The number of alkyl halides is 3. The lowest BCUT2D eigenvalue weighted by molar-refractivity contribution is -0.162. The number of aromatic nitrogens is 2. The fourth-order valence-electron chi connectivity index (χ4n) is 3.99. The highest BCUT2D eigenvalue weighted by Gasteiger charge is 2.47. The largest absolute Gasteiger partial charge is 0.409 e. The minimum atomic E-state index is -4.68. The molecule has 0 aliphatic heterocycles. The van der Waals surface area contributed by atoms with Gasteiger partial charge in [-0.15, -0.1) is 0 Å². The van der Waals surface area contributed by atoms with E-state index >= 15 is 0 Å². The fraction of sp³-hybridized carbons (Fsp3) is 0.385. The zero-order valence-electron chi connectivity index (χ0n) is 19.4. The number of hydrogen-bond acceptors (Lipinski definition) is 5. The Hall–Kier alpha value is -3.51. The Kier molecular flexibility index (Phi) is 6.77. The number of rotatable bonds is 8. The van der Waals surface area contributed by atoms with Crippen LogP contribution in [0.1, 0.15) is 44.8 Å². The summed E-state index contributed by atoms with van der Waals surface area (Å²) in [4.78, 5) is 21.2. The van der Waals surface area contributed by atoms with E-state index in [2.05, 4.69) is 20.6 Å². The van der Waals surface area contributed by atoms with Crippen LogP contribution in [0.3, 0.4) is 0 Å². The van der Waals surface area contributed by atoms with Crippen LogP contribution >= 0.6 is 0 Å². The Morgan fingerprint density at radius 1 is 1.14 bits per heavy atom. The zero-order chi connectivity index (χ0) is 25.2. The van der Waals surface area contributed by atoms with Crippen molar-refractivity contribution in [3.63, 3.8) is 0 Å². The molecule has 182 valence electrons. The minimum Gasteiger partial charge on any atom is -0.336 e. The summed E-state index contributed by atoms with van der Waals surface area (Å²) in [6.07, 6.45) is -0.394. The van der Waals surface area contributed by atoms with Crippen LogP contribution in [-0.2, 0) is 4.79 Å². The van der Waals surface area contributed by atoms with Gasteiger partial charge >= 0.3 is 6.18 Å². The fourth-order valence-corrected chi connectivity index (χ4v) is 3.99. The lowest BCUT2D eigenvalue weighted by Crippen LogP contribution is -2.52. The molecule has 2 atom stereocenters. The van der Waals surface area contributed by atoms with Gasteiger partial charge in [-0.1, -0.05) is 32.0 Å². The van der Waals surface area contributed by atoms with Crippen molar-refractivity contribution in [2.24, 2.45) is 5.92 Å². The highest BCUT2D eigenvalue weighted by Crippen LogP contribution is 2.36. The first-order valence-electron chi connectivity index (χ1n) is 11.5. The second-order valence-electron chi connectivity index (χ2n) is 9.39. The monoisotopic (exact) mass is 481 g/mol. The van der Waals surface area contributed by atoms with Crippen molar-refractivity contribution < 1.29 is 18.0 Å². The van der Waals surface area contributed by atoms with Crippen molar-refractivity contribution in [3.05, 3.63) is 60.6 Å². The van der Waals surface area contributed by atoms with Crippen LogP contribution < -0.4 is 10.6 Å². The van der Waals surface area contributed by atoms with Gasteiger partial charge in [0.05, 0.1) is 23.3 Å². The van der Waals surface area contributed by atoms with E-state index < -0.39 is 29.7 Å². The number of nitriles is 1. The van der Waals surface area contributed by atoms with Crippen LogP contribution in [0.4, 0.5) is 13.2 Å². The van der Waals surface area contributed by atoms with E-state index in [4.69, 9.17) is 0 Å². The van der Waals surface area contributed by atoms with E-state index in [0.717, 1.165) is 16.5 Å². The van der Waals surface area contributed by atoms with E-state index in [1.54, 1.807) is 12.3 Å². The van der Waals surface area contributed by atoms with E-state index in [-0.39, 0.29) is 18.0 Å². The molecule has 2 N–H and O–H groups in total. The molecule has 1 aliphatic rings. The molecule has 1 amide bonds. The molecule has 2 aromatic heterocycles. The quantitative estimate of drug-likeness (QED) is 0.468. The molecule has 35 heavy (non-hydrogen) atoms. The number of benzene rings is 1.